The SMILES string of the molecule is CCOC(=O)C1CN1C(=O)OCc1ccccc1. The lowest BCUT2D eigenvalue weighted by molar-refractivity contribution is -0.143. The highest BCUT2D eigenvalue weighted by Gasteiger charge is 2.46. The van der Waals surface area contributed by atoms with Crippen molar-refractivity contribution in [1.29, 1.82) is 0 Å². The van der Waals surface area contributed by atoms with Crippen LogP contribution in [0.4, 0.5) is 4.79 Å². The molecule has 1 heterocycles. The second-order valence-electron chi connectivity index (χ2n) is 3.96. The first-order valence-corrected chi connectivity index (χ1v) is 5.86. The summed E-state index contributed by atoms with van der Waals surface area (Å²) in [7, 11) is 0. The molecule has 1 amide bonds. The molecule has 0 radical (unpaired) electrons. The fraction of sp³-hybridized carbons (Fsp3) is 0.385. The van der Waals surface area contributed by atoms with Crippen molar-refractivity contribution in [2.24, 2.45) is 0 Å². The summed E-state index contributed by atoms with van der Waals surface area (Å²) < 4.78 is 9.91. The molecule has 0 aliphatic carbocycles. The second kappa shape index (κ2) is 5.53. The Morgan fingerprint density at radius 2 is 2.00 bits per heavy atom. The fourth-order valence-corrected chi connectivity index (χ4v) is 1.58. The second-order valence-corrected chi connectivity index (χ2v) is 3.96. The van der Waals surface area contributed by atoms with E-state index in [0.29, 0.717) is 13.2 Å². The first kappa shape index (κ1) is 12.4. The molecule has 5 nitrogen and oxygen atoms in total. The number of nitrogens with zero attached hydrogens (tertiary/aromatic N) is 1. The van der Waals surface area contributed by atoms with Crippen molar-refractivity contribution in [2.75, 3.05) is 13.2 Å². The molecule has 0 bridgehead atoms. The topological polar surface area (TPSA) is 55.6 Å². The molecule has 1 aromatic carbocycles. The molecule has 2 rings (SSSR count). The number of ether oxygens (including phenoxy) is 2. The van der Waals surface area contributed by atoms with E-state index in [2.05, 4.69) is 0 Å². The zero-order chi connectivity index (χ0) is 13.0. The Bertz CT molecular complexity index is 432. The lowest BCUT2D eigenvalue weighted by Crippen LogP contribution is -2.21. The van der Waals surface area contributed by atoms with E-state index in [1.807, 2.05) is 30.3 Å². The van der Waals surface area contributed by atoms with Gasteiger partial charge in [0, 0.05) is 0 Å². The highest BCUT2D eigenvalue weighted by atomic mass is 16.6. The summed E-state index contributed by atoms with van der Waals surface area (Å²) in [6.07, 6.45) is -0.475. The molecule has 18 heavy (non-hydrogen) atoms. The number of hydrogen-bond donors (Lipinski definition) is 0. The summed E-state index contributed by atoms with van der Waals surface area (Å²) >= 11 is 0. The van der Waals surface area contributed by atoms with Crippen LogP contribution in [-0.2, 0) is 20.9 Å². The molecular weight excluding hydrogens is 234 g/mol. The molecule has 0 N–H and O–H groups in total. The Morgan fingerprint density at radius 1 is 1.28 bits per heavy atom. The molecule has 5 heteroatoms. The third-order valence-electron chi connectivity index (χ3n) is 2.61. The van der Waals surface area contributed by atoms with Crippen molar-refractivity contribution in [2.45, 2.75) is 19.6 Å². The van der Waals surface area contributed by atoms with Gasteiger partial charge in [0.15, 0.2) is 6.04 Å². The number of carbonyl (C=O) groups excluding carboxylic acids is 2. The van der Waals surface area contributed by atoms with Gasteiger partial charge < -0.3 is 9.47 Å². The van der Waals surface area contributed by atoms with E-state index in [0.717, 1.165) is 5.56 Å². The summed E-state index contributed by atoms with van der Waals surface area (Å²) in [4.78, 5) is 24.3. The first-order valence-electron chi connectivity index (χ1n) is 5.86. The molecule has 1 unspecified atom stereocenters. The van der Waals surface area contributed by atoms with Gasteiger partial charge in [0.25, 0.3) is 0 Å². The molecule has 1 fully saturated rings. The van der Waals surface area contributed by atoms with Crippen molar-refractivity contribution < 1.29 is 19.1 Å². The number of amides is 1. The van der Waals surface area contributed by atoms with Crippen LogP contribution in [0.2, 0.25) is 0 Å². The molecule has 1 saturated heterocycles. The molecule has 0 aromatic heterocycles. The monoisotopic (exact) mass is 249 g/mol. The van der Waals surface area contributed by atoms with Crippen LogP contribution < -0.4 is 0 Å². The highest BCUT2D eigenvalue weighted by Crippen LogP contribution is 2.20. The Morgan fingerprint density at radius 3 is 2.67 bits per heavy atom. The van der Waals surface area contributed by atoms with Crippen LogP contribution in [0.3, 0.4) is 0 Å². The van der Waals surface area contributed by atoms with Crippen molar-refractivity contribution >= 4 is 12.1 Å². The van der Waals surface area contributed by atoms with Crippen LogP contribution in [0, 0.1) is 0 Å². The lowest BCUT2D eigenvalue weighted by Gasteiger charge is -2.06. The van der Waals surface area contributed by atoms with Gasteiger partial charge in [-0.05, 0) is 12.5 Å². The number of carbonyl (C=O) groups is 2. The molecule has 1 aromatic rings. The summed E-state index contributed by atoms with van der Waals surface area (Å²) in [5, 5.41) is 0. The highest BCUT2D eigenvalue weighted by molar-refractivity contribution is 5.86. The van der Waals surface area contributed by atoms with E-state index in [1.54, 1.807) is 6.92 Å². The Labute approximate surface area is 105 Å². The van der Waals surface area contributed by atoms with Gasteiger partial charge in [-0.15, -0.1) is 0 Å². The average Bonchev–Trinajstić information content (AvgIpc) is 3.18. The minimum absolute atomic E-state index is 0.214. The van der Waals surface area contributed by atoms with E-state index in [-0.39, 0.29) is 12.6 Å². The molecular formula is C13H15NO4. The standard InChI is InChI=1S/C13H15NO4/c1-2-17-12(15)11-8-14(11)13(16)18-9-10-6-4-3-5-7-10/h3-7,11H,2,8-9H2,1H3. The smallest absolute Gasteiger partial charge is 0.411 e. The largest absolute Gasteiger partial charge is 0.464 e. The lowest BCUT2D eigenvalue weighted by atomic mass is 10.2. The first-order chi connectivity index (χ1) is 8.72. The van der Waals surface area contributed by atoms with E-state index in [4.69, 9.17) is 9.47 Å². The van der Waals surface area contributed by atoms with Gasteiger partial charge in [-0.25, -0.2) is 9.59 Å². The quantitative estimate of drug-likeness (QED) is 0.600. The molecule has 1 aliphatic heterocycles. The zero-order valence-corrected chi connectivity index (χ0v) is 10.2. The molecule has 0 spiro atoms. The van der Waals surface area contributed by atoms with E-state index in [9.17, 15) is 9.59 Å². The van der Waals surface area contributed by atoms with Crippen molar-refractivity contribution in [3.8, 4) is 0 Å². The van der Waals surface area contributed by atoms with Gasteiger partial charge >= 0.3 is 12.1 Å². The van der Waals surface area contributed by atoms with E-state index in [1.165, 1.54) is 4.90 Å². The summed E-state index contributed by atoms with van der Waals surface area (Å²) in [6, 6.07) is 8.93. The summed E-state index contributed by atoms with van der Waals surface area (Å²) in [5.41, 5.74) is 0.917. The molecule has 1 aliphatic rings. The molecule has 96 valence electrons. The molecule has 1 atom stereocenters. The van der Waals surface area contributed by atoms with Gasteiger partial charge in [-0.2, -0.15) is 0 Å². The van der Waals surface area contributed by atoms with Gasteiger partial charge in [0.2, 0.25) is 0 Å². The number of hydrogen-bond acceptors (Lipinski definition) is 4. The Balaban J connectivity index is 1.76. The normalized spacial score (nSPS) is 17.2. The zero-order valence-electron chi connectivity index (χ0n) is 10.2. The number of benzene rings is 1. The maximum atomic E-state index is 11.6. The summed E-state index contributed by atoms with van der Waals surface area (Å²) in [5.74, 6) is -0.367. The van der Waals surface area contributed by atoms with Crippen LogP contribution >= 0.6 is 0 Å². The minimum Gasteiger partial charge on any atom is -0.464 e. The van der Waals surface area contributed by atoms with Crippen LogP contribution in [-0.4, -0.2) is 36.2 Å². The van der Waals surface area contributed by atoms with Crippen molar-refractivity contribution in [3.05, 3.63) is 35.9 Å². The third kappa shape index (κ3) is 3.00. The van der Waals surface area contributed by atoms with Crippen molar-refractivity contribution in [3.63, 3.8) is 0 Å². The molecule has 0 saturated carbocycles. The van der Waals surface area contributed by atoms with E-state index < -0.39 is 12.1 Å². The van der Waals surface area contributed by atoms with Gasteiger partial charge in [-0.3, -0.25) is 4.90 Å². The van der Waals surface area contributed by atoms with Gasteiger partial charge in [-0.1, -0.05) is 30.3 Å². The van der Waals surface area contributed by atoms with Gasteiger partial charge in [0.1, 0.15) is 6.61 Å². The van der Waals surface area contributed by atoms with Crippen LogP contribution in [0.1, 0.15) is 12.5 Å². The fourth-order valence-electron chi connectivity index (χ4n) is 1.58. The predicted octanol–water partition coefficient (Wildman–Crippen LogP) is 1.57. The Hall–Kier alpha value is -2.04. The third-order valence-corrected chi connectivity index (χ3v) is 2.61. The minimum atomic E-state index is -0.475. The summed E-state index contributed by atoms with van der Waals surface area (Å²) in [6.45, 7) is 2.65. The number of esters is 1. The van der Waals surface area contributed by atoms with E-state index >= 15 is 0 Å². The predicted molar refractivity (Wildman–Crippen MR) is 63.8 cm³/mol. The van der Waals surface area contributed by atoms with Gasteiger partial charge in [0.05, 0.1) is 13.2 Å². The maximum absolute atomic E-state index is 11.6. The maximum Gasteiger partial charge on any atom is 0.411 e. The van der Waals surface area contributed by atoms with Crippen LogP contribution in [0.25, 0.3) is 0 Å². The number of rotatable bonds is 4. The van der Waals surface area contributed by atoms with Crippen LogP contribution in [0.5, 0.6) is 0 Å². The Kier molecular flexibility index (Phi) is 3.82. The van der Waals surface area contributed by atoms with Crippen LogP contribution in [0.15, 0.2) is 30.3 Å². The van der Waals surface area contributed by atoms with Crippen molar-refractivity contribution in [1.82, 2.24) is 4.90 Å². The average molecular weight is 249 g/mol.